The van der Waals surface area contributed by atoms with E-state index >= 15 is 0 Å². The van der Waals surface area contributed by atoms with Crippen molar-refractivity contribution in [1.29, 1.82) is 0 Å². The summed E-state index contributed by atoms with van der Waals surface area (Å²) in [7, 11) is 0. The van der Waals surface area contributed by atoms with Crippen molar-refractivity contribution in [3.63, 3.8) is 0 Å². The molecule has 0 atom stereocenters. The van der Waals surface area contributed by atoms with Gasteiger partial charge in [0.25, 0.3) is 5.91 Å². The second kappa shape index (κ2) is 10.2. The maximum Gasteiger partial charge on any atom is 0.258 e. The van der Waals surface area contributed by atoms with E-state index in [1.54, 1.807) is 6.07 Å². The predicted octanol–water partition coefficient (Wildman–Crippen LogP) is 4.94. The number of anilines is 3. The van der Waals surface area contributed by atoms with E-state index in [4.69, 9.17) is 9.97 Å². The molecule has 0 saturated carbocycles. The zero-order valence-electron chi connectivity index (χ0n) is 21.2. The molecule has 2 aromatic carbocycles. The second-order valence-corrected chi connectivity index (χ2v) is 9.72. The van der Waals surface area contributed by atoms with Crippen LogP contribution in [0, 0.1) is 26.6 Å². The van der Waals surface area contributed by atoms with Crippen LogP contribution in [0.2, 0.25) is 0 Å². The monoisotopic (exact) mass is 488 g/mol. The number of likely N-dealkylation sites (tertiary alicyclic amines) is 1. The molecule has 1 amide bonds. The van der Waals surface area contributed by atoms with E-state index in [0.29, 0.717) is 40.8 Å². The Morgan fingerprint density at radius 3 is 2.50 bits per heavy atom. The fourth-order valence-electron chi connectivity index (χ4n) is 5.26. The Labute approximate surface area is 211 Å². The van der Waals surface area contributed by atoms with Crippen LogP contribution in [-0.2, 0) is 0 Å². The van der Waals surface area contributed by atoms with Crippen LogP contribution in [0.15, 0.2) is 36.4 Å². The van der Waals surface area contributed by atoms with Crippen molar-refractivity contribution in [2.24, 2.45) is 0 Å². The summed E-state index contributed by atoms with van der Waals surface area (Å²) >= 11 is 0. The van der Waals surface area contributed by atoms with Gasteiger partial charge in [-0.2, -0.15) is 4.98 Å². The number of para-hydroxylation sites is 1. The summed E-state index contributed by atoms with van der Waals surface area (Å²) in [6.45, 7) is 10.4. The lowest BCUT2D eigenvalue weighted by molar-refractivity contribution is 0.0949. The number of nitrogens with zero attached hydrogens (tertiary/aromatic N) is 4. The van der Waals surface area contributed by atoms with E-state index in [9.17, 15) is 9.18 Å². The first kappa shape index (κ1) is 24.2. The van der Waals surface area contributed by atoms with Gasteiger partial charge in [0.05, 0.1) is 18.1 Å². The largest absolute Gasteiger partial charge is 0.354 e. The molecule has 3 heterocycles. The molecule has 2 N–H and O–H groups in total. The Morgan fingerprint density at radius 2 is 1.78 bits per heavy atom. The highest BCUT2D eigenvalue weighted by atomic mass is 19.1. The standard InChI is InChI=1S/C28H33FN6O/c1-18-8-6-9-19(2)25(18)35-17-31-27(36)23-24(22-11-10-21(29)16-20(22)3)32-28(33-26(23)35)30-12-7-15-34-13-4-5-14-34/h6,8-11,16H,4-5,7,12-15,17H2,1-3H3,(H,31,36)(H,30,32,33). The van der Waals surface area contributed by atoms with E-state index in [0.717, 1.165) is 36.3 Å². The van der Waals surface area contributed by atoms with Crippen molar-refractivity contribution in [1.82, 2.24) is 20.2 Å². The van der Waals surface area contributed by atoms with Gasteiger partial charge in [-0.15, -0.1) is 0 Å². The van der Waals surface area contributed by atoms with Crippen LogP contribution in [-0.4, -0.2) is 53.6 Å². The Kier molecular flexibility index (Phi) is 6.87. The lowest BCUT2D eigenvalue weighted by Gasteiger charge is -2.33. The molecule has 0 aliphatic carbocycles. The number of rotatable bonds is 7. The molecule has 2 aliphatic heterocycles. The molecular weight excluding hydrogens is 455 g/mol. The molecule has 0 spiro atoms. The minimum atomic E-state index is -0.318. The highest BCUT2D eigenvalue weighted by Crippen LogP contribution is 2.38. The third kappa shape index (κ3) is 4.78. The molecule has 3 aromatic rings. The van der Waals surface area contributed by atoms with Crippen molar-refractivity contribution in [3.8, 4) is 11.3 Å². The van der Waals surface area contributed by atoms with Crippen LogP contribution in [0.3, 0.4) is 0 Å². The molecule has 188 valence electrons. The summed E-state index contributed by atoms with van der Waals surface area (Å²) in [5, 5.41) is 6.39. The van der Waals surface area contributed by atoms with Gasteiger partial charge in [-0.3, -0.25) is 4.79 Å². The Morgan fingerprint density at radius 1 is 1.03 bits per heavy atom. The lowest BCUT2D eigenvalue weighted by atomic mass is 9.99. The Balaban J connectivity index is 1.57. The summed E-state index contributed by atoms with van der Waals surface area (Å²) in [6.07, 6.45) is 3.53. The summed E-state index contributed by atoms with van der Waals surface area (Å²) < 4.78 is 13.9. The summed E-state index contributed by atoms with van der Waals surface area (Å²) in [6, 6.07) is 10.7. The third-order valence-corrected chi connectivity index (χ3v) is 7.06. The lowest BCUT2D eigenvalue weighted by Crippen LogP contribution is -2.42. The van der Waals surface area contributed by atoms with Crippen LogP contribution < -0.4 is 15.5 Å². The average Bonchev–Trinajstić information content (AvgIpc) is 3.36. The van der Waals surface area contributed by atoms with Crippen molar-refractivity contribution >= 4 is 23.4 Å². The van der Waals surface area contributed by atoms with Gasteiger partial charge in [0.15, 0.2) is 5.82 Å². The van der Waals surface area contributed by atoms with Gasteiger partial charge in [0.1, 0.15) is 11.4 Å². The quantitative estimate of drug-likeness (QED) is 0.459. The van der Waals surface area contributed by atoms with Gasteiger partial charge in [-0.1, -0.05) is 18.2 Å². The SMILES string of the molecule is Cc1cc(F)ccc1-c1nc(NCCCN2CCCC2)nc2c1C(=O)NCN2c1c(C)cccc1C. The van der Waals surface area contributed by atoms with Crippen LogP contribution in [0.25, 0.3) is 11.3 Å². The summed E-state index contributed by atoms with van der Waals surface area (Å²) in [5.74, 6) is 0.486. The van der Waals surface area contributed by atoms with Crippen LogP contribution in [0.5, 0.6) is 0 Å². The number of hydrogen-bond donors (Lipinski definition) is 2. The number of amides is 1. The number of carbonyl (C=O) groups is 1. The molecule has 0 unspecified atom stereocenters. The van der Waals surface area contributed by atoms with Gasteiger partial charge in [0.2, 0.25) is 5.95 Å². The van der Waals surface area contributed by atoms with E-state index in [-0.39, 0.29) is 11.7 Å². The van der Waals surface area contributed by atoms with Gasteiger partial charge >= 0.3 is 0 Å². The second-order valence-electron chi connectivity index (χ2n) is 9.72. The molecule has 1 saturated heterocycles. The van der Waals surface area contributed by atoms with Crippen LogP contribution in [0.1, 0.15) is 46.3 Å². The number of halogens is 1. The minimum absolute atomic E-state index is 0.230. The maximum atomic E-state index is 13.9. The number of aryl methyl sites for hydroxylation is 3. The third-order valence-electron chi connectivity index (χ3n) is 7.06. The molecule has 7 nitrogen and oxygen atoms in total. The first-order valence-electron chi connectivity index (χ1n) is 12.7. The number of nitrogens with one attached hydrogen (secondary N) is 2. The molecular formula is C28H33FN6O. The van der Waals surface area contributed by atoms with E-state index < -0.39 is 0 Å². The predicted molar refractivity (Wildman–Crippen MR) is 141 cm³/mol. The van der Waals surface area contributed by atoms with Crippen LogP contribution >= 0.6 is 0 Å². The maximum absolute atomic E-state index is 13.9. The van der Waals surface area contributed by atoms with E-state index in [2.05, 4.69) is 41.5 Å². The average molecular weight is 489 g/mol. The highest BCUT2D eigenvalue weighted by Gasteiger charge is 2.32. The smallest absolute Gasteiger partial charge is 0.258 e. The number of hydrogen-bond acceptors (Lipinski definition) is 6. The van der Waals surface area contributed by atoms with Crippen molar-refractivity contribution in [2.45, 2.75) is 40.0 Å². The summed E-state index contributed by atoms with van der Waals surface area (Å²) in [4.78, 5) is 27.4. The van der Waals surface area contributed by atoms with Crippen molar-refractivity contribution in [3.05, 3.63) is 64.5 Å². The van der Waals surface area contributed by atoms with Crippen LogP contribution in [0.4, 0.5) is 21.8 Å². The first-order chi connectivity index (χ1) is 17.4. The number of carbonyl (C=O) groups excluding carboxylic acids is 1. The van der Waals surface area contributed by atoms with Gasteiger partial charge in [-0.25, -0.2) is 9.37 Å². The molecule has 0 bridgehead atoms. The van der Waals surface area contributed by atoms with Gasteiger partial charge < -0.3 is 20.4 Å². The minimum Gasteiger partial charge on any atom is -0.354 e. The zero-order valence-corrected chi connectivity index (χ0v) is 21.2. The normalized spacial score (nSPS) is 15.7. The molecule has 0 radical (unpaired) electrons. The first-order valence-corrected chi connectivity index (χ1v) is 12.7. The fraction of sp³-hybridized carbons (Fsp3) is 0.393. The van der Waals surface area contributed by atoms with E-state index in [1.165, 1.54) is 38.1 Å². The molecule has 36 heavy (non-hydrogen) atoms. The summed E-state index contributed by atoms with van der Waals surface area (Å²) in [5.41, 5.74) is 5.54. The fourth-order valence-corrected chi connectivity index (χ4v) is 5.26. The highest BCUT2D eigenvalue weighted by molar-refractivity contribution is 6.07. The van der Waals surface area contributed by atoms with E-state index in [1.807, 2.05) is 17.9 Å². The number of aromatic nitrogens is 2. The zero-order chi connectivity index (χ0) is 25.2. The molecule has 2 aliphatic rings. The topological polar surface area (TPSA) is 73.4 Å². The van der Waals surface area contributed by atoms with Gasteiger partial charge in [-0.05, 0) is 94.6 Å². The Bertz CT molecular complexity index is 1270. The number of fused-ring (bicyclic) bond motifs is 1. The Hall–Kier alpha value is -3.52. The number of benzene rings is 2. The molecule has 1 fully saturated rings. The van der Waals surface area contributed by atoms with Crippen molar-refractivity contribution in [2.75, 3.05) is 43.1 Å². The molecule has 1 aromatic heterocycles. The van der Waals surface area contributed by atoms with Crippen molar-refractivity contribution < 1.29 is 9.18 Å². The van der Waals surface area contributed by atoms with Gasteiger partial charge in [0, 0.05) is 12.1 Å². The molecule has 5 rings (SSSR count). The molecule has 8 heteroatoms.